The Kier molecular flexibility index (Phi) is 5.71. The summed E-state index contributed by atoms with van der Waals surface area (Å²) in [5.74, 6) is -0.295. The number of hydrogen-bond donors (Lipinski definition) is 1. The Morgan fingerprint density at radius 2 is 1.83 bits per heavy atom. The molecule has 2 aromatic carbocycles. The molecule has 1 fully saturated rings. The Labute approximate surface area is 177 Å². The average Bonchev–Trinajstić information content (AvgIpc) is 3.07. The number of benzene rings is 2. The summed E-state index contributed by atoms with van der Waals surface area (Å²) in [7, 11) is 0. The Morgan fingerprint density at radius 3 is 2.52 bits per heavy atom. The number of aryl methyl sites for hydroxylation is 1. The molecule has 2 heterocycles. The summed E-state index contributed by atoms with van der Waals surface area (Å²) in [5.41, 5.74) is 2.11. The highest BCUT2D eigenvalue weighted by Gasteiger charge is 2.28. The van der Waals surface area contributed by atoms with Crippen molar-refractivity contribution in [1.82, 2.24) is 8.86 Å². The molecule has 0 atom stereocenters. The standard InChI is InChI=1S/C21H20ClN3O3S/c1-14-6-5-9-16(22)18(14)23-19-17(20(26)24-10-12-28-13-11-24)21(27)25(29-19)15-7-3-2-4-8-15/h2-9,23H,10-13H2,1H3. The fourth-order valence-corrected chi connectivity index (χ4v) is 4.48. The van der Waals surface area contributed by atoms with Crippen molar-refractivity contribution in [1.29, 1.82) is 0 Å². The van der Waals surface area contributed by atoms with Crippen LogP contribution in [0.1, 0.15) is 15.9 Å². The number of halogens is 1. The van der Waals surface area contributed by atoms with Crippen LogP contribution < -0.4 is 10.9 Å². The molecule has 0 aliphatic carbocycles. The summed E-state index contributed by atoms with van der Waals surface area (Å²) < 4.78 is 6.87. The first-order chi connectivity index (χ1) is 14.1. The maximum atomic E-state index is 13.3. The summed E-state index contributed by atoms with van der Waals surface area (Å²) in [5, 5.41) is 4.25. The molecule has 1 aromatic heterocycles. The molecule has 0 bridgehead atoms. The SMILES string of the molecule is Cc1cccc(Cl)c1Nc1sn(-c2ccccc2)c(=O)c1C(=O)N1CCOCC1. The van der Waals surface area contributed by atoms with Crippen LogP contribution in [-0.2, 0) is 4.74 Å². The number of nitrogens with one attached hydrogen (secondary N) is 1. The predicted molar refractivity (Wildman–Crippen MR) is 116 cm³/mol. The molecule has 4 rings (SSSR count). The van der Waals surface area contributed by atoms with Crippen LogP contribution in [0.5, 0.6) is 0 Å². The lowest BCUT2D eigenvalue weighted by molar-refractivity contribution is 0.0302. The summed E-state index contributed by atoms with van der Waals surface area (Å²) in [6.45, 7) is 3.78. The highest BCUT2D eigenvalue weighted by molar-refractivity contribution is 7.11. The molecule has 1 N–H and O–H groups in total. The fourth-order valence-electron chi connectivity index (χ4n) is 3.21. The number of hydrogen-bond acceptors (Lipinski definition) is 5. The van der Waals surface area contributed by atoms with Crippen molar-refractivity contribution < 1.29 is 9.53 Å². The topological polar surface area (TPSA) is 63.6 Å². The second-order valence-electron chi connectivity index (χ2n) is 6.69. The summed E-state index contributed by atoms with van der Waals surface area (Å²) >= 11 is 7.57. The summed E-state index contributed by atoms with van der Waals surface area (Å²) in [4.78, 5) is 28.2. The number of carbonyl (C=O) groups is 1. The molecule has 8 heteroatoms. The quantitative estimate of drug-likeness (QED) is 0.678. The number of ether oxygens (including phenoxy) is 1. The van der Waals surface area contributed by atoms with E-state index >= 15 is 0 Å². The Hall–Kier alpha value is -2.61. The van der Waals surface area contributed by atoms with Gasteiger partial charge in [0.15, 0.2) is 0 Å². The van der Waals surface area contributed by atoms with Crippen molar-refractivity contribution in [2.75, 3.05) is 31.6 Å². The first-order valence-corrected chi connectivity index (χ1v) is 10.4. The molecule has 0 saturated carbocycles. The number of anilines is 2. The Morgan fingerprint density at radius 1 is 1.10 bits per heavy atom. The van der Waals surface area contributed by atoms with Crippen LogP contribution in [0, 0.1) is 6.92 Å². The van der Waals surface area contributed by atoms with E-state index in [1.54, 1.807) is 11.0 Å². The van der Waals surface area contributed by atoms with Gasteiger partial charge in [-0.15, -0.1) is 0 Å². The zero-order valence-corrected chi connectivity index (χ0v) is 17.4. The molecule has 6 nitrogen and oxygen atoms in total. The first kappa shape index (κ1) is 19.7. The average molecular weight is 430 g/mol. The normalized spacial score (nSPS) is 14.1. The van der Waals surface area contributed by atoms with Crippen molar-refractivity contribution in [3.05, 3.63) is 75.0 Å². The number of carbonyl (C=O) groups excluding carboxylic acids is 1. The summed E-state index contributed by atoms with van der Waals surface area (Å²) in [6.07, 6.45) is 0. The van der Waals surface area contributed by atoms with Crippen molar-refractivity contribution >= 4 is 39.7 Å². The number of para-hydroxylation sites is 2. The van der Waals surface area contributed by atoms with Crippen LogP contribution in [0.2, 0.25) is 5.02 Å². The van der Waals surface area contributed by atoms with Crippen LogP contribution >= 0.6 is 23.1 Å². The minimum atomic E-state index is -0.343. The van der Waals surface area contributed by atoms with Gasteiger partial charge in [0.1, 0.15) is 10.6 Å². The van der Waals surface area contributed by atoms with Gasteiger partial charge in [-0.3, -0.25) is 9.59 Å². The molecule has 3 aromatic rings. The second kappa shape index (κ2) is 8.41. The van der Waals surface area contributed by atoms with E-state index < -0.39 is 0 Å². The monoisotopic (exact) mass is 429 g/mol. The van der Waals surface area contributed by atoms with Gasteiger partial charge in [-0.1, -0.05) is 41.9 Å². The third kappa shape index (κ3) is 3.94. The highest BCUT2D eigenvalue weighted by atomic mass is 35.5. The molecule has 1 aliphatic heterocycles. The second-order valence-corrected chi connectivity index (χ2v) is 8.05. The van der Waals surface area contributed by atoms with Gasteiger partial charge in [0.05, 0.1) is 29.6 Å². The van der Waals surface area contributed by atoms with Crippen LogP contribution in [0.15, 0.2) is 53.3 Å². The molecule has 29 heavy (non-hydrogen) atoms. The van der Waals surface area contributed by atoms with Gasteiger partial charge in [0, 0.05) is 13.1 Å². The van der Waals surface area contributed by atoms with E-state index in [4.69, 9.17) is 16.3 Å². The fraction of sp³-hybridized carbons (Fsp3) is 0.238. The molecule has 1 aliphatic rings. The number of amides is 1. The van der Waals surface area contributed by atoms with Crippen molar-refractivity contribution in [3.8, 4) is 5.69 Å². The molecule has 0 spiro atoms. The van der Waals surface area contributed by atoms with E-state index in [9.17, 15) is 9.59 Å². The van der Waals surface area contributed by atoms with E-state index in [-0.39, 0.29) is 17.0 Å². The minimum Gasteiger partial charge on any atom is -0.378 e. The van der Waals surface area contributed by atoms with Gasteiger partial charge >= 0.3 is 0 Å². The molecule has 0 radical (unpaired) electrons. The Bertz CT molecular complexity index is 1070. The van der Waals surface area contributed by atoms with E-state index in [0.717, 1.165) is 5.56 Å². The van der Waals surface area contributed by atoms with Crippen molar-refractivity contribution in [3.63, 3.8) is 0 Å². The largest absolute Gasteiger partial charge is 0.378 e. The number of morpholine rings is 1. The molecular weight excluding hydrogens is 410 g/mol. The number of rotatable bonds is 4. The van der Waals surface area contributed by atoms with Crippen LogP contribution in [0.25, 0.3) is 5.69 Å². The maximum absolute atomic E-state index is 13.3. The molecule has 1 saturated heterocycles. The molecule has 150 valence electrons. The smallest absolute Gasteiger partial charge is 0.280 e. The lowest BCUT2D eigenvalue weighted by atomic mass is 10.2. The zero-order valence-electron chi connectivity index (χ0n) is 15.9. The van der Waals surface area contributed by atoms with Gasteiger partial charge < -0.3 is 15.0 Å². The van der Waals surface area contributed by atoms with Gasteiger partial charge in [-0.2, -0.15) is 0 Å². The zero-order chi connectivity index (χ0) is 20.4. The number of nitrogens with zero attached hydrogens (tertiary/aromatic N) is 2. The van der Waals surface area contributed by atoms with Crippen LogP contribution in [-0.4, -0.2) is 41.1 Å². The van der Waals surface area contributed by atoms with E-state index in [2.05, 4.69) is 5.32 Å². The number of aromatic nitrogens is 1. The third-order valence-corrected chi connectivity index (χ3v) is 6.13. The lowest BCUT2D eigenvalue weighted by Gasteiger charge is -2.26. The highest BCUT2D eigenvalue weighted by Crippen LogP contribution is 2.33. The summed E-state index contributed by atoms with van der Waals surface area (Å²) in [6, 6.07) is 14.8. The van der Waals surface area contributed by atoms with E-state index in [1.807, 2.05) is 49.4 Å². The van der Waals surface area contributed by atoms with Gasteiger partial charge in [-0.05, 0) is 42.2 Å². The lowest BCUT2D eigenvalue weighted by Crippen LogP contribution is -2.42. The third-order valence-electron chi connectivity index (χ3n) is 4.77. The first-order valence-electron chi connectivity index (χ1n) is 9.27. The van der Waals surface area contributed by atoms with Crippen molar-refractivity contribution in [2.45, 2.75) is 6.92 Å². The molecule has 0 unspecified atom stereocenters. The van der Waals surface area contributed by atoms with E-state index in [0.29, 0.717) is 47.7 Å². The minimum absolute atomic E-state index is 0.125. The maximum Gasteiger partial charge on any atom is 0.280 e. The molecule has 1 amide bonds. The van der Waals surface area contributed by atoms with Gasteiger partial charge in [0.2, 0.25) is 0 Å². The van der Waals surface area contributed by atoms with Gasteiger partial charge in [-0.25, -0.2) is 3.96 Å². The van der Waals surface area contributed by atoms with E-state index in [1.165, 1.54) is 15.5 Å². The van der Waals surface area contributed by atoms with Gasteiger partial charge in [0.25, 0.3) is 11.5 Å². The molecular formula is C21H20ClN3O3S. The van der Waals surface area contributed by atoms with Crippen LogP contribution in [0.4, 0.5) is 10.7 Å². The van der Waals surface area contributed by atoms with Crippen molar-refractivity contribution in [2.24, 2.45) is 0 Å². The Balaban J connectivity index is 1.82. The predicted octanol–water partition coefficient (Wildman–Crippen LogP) is 4.08. The van der Waals surface area contributed by atoms with Crippen LogP contribution in [0.3, 0.4) is 0 Å².